The van der Waals surface area contributed by atoms with Crippen LogP contribution in [0.4, 0.5) is 13.6 Å². The number of benzene rings is 1. The first-order valence-corrected chi connectivity index (χ1v) is 11.0. The van der Waals surface area contributed by atoms with Crippen molar-refractivity contribution in [2.24, 2.45) is 0 Å². The van der Waals surface area contributed by atoms with Gasteiger partial charge in [-0.3, -0.25) is 0 Å². The van der Waals surface area contributed by atoms with Gasteiger partial charge in [0.1, 0.15) is 6.61 Å². The SMILES string of the molecule is COc1ncc(C2CN(C(=O)OCc3ccccc3)CCC2(F)F)cc1CCS(=O)O. The van der Waals surface area contributed by atoms with Crippen LogP contribution in [0, 0.1) is 0 Å². The minimum atomic E-state index is -3.04. The largest absolute Gasteiger partial charge is 0.481 e. The molecule has 1 aromatic carbocycles. The molecule has 2 aromatic rings. The van der Waals surface area contributed by atoms with E-state index in [0.29, 0.717) is 5.56 Å². The van der Waals surface area contributed by atoms with E-state index in [-0.39, 0.29) is 43.3 Å². The van der Waals surface area contributed by atoms with Gasteiger partial charge in [-0.25, -0.2) is 22.8 Å². The number of alkyl halides is 2. The van der Waals surface area contributed by atoms with Crippen molar-refractivity contribution >= 4 is 17.2 Å². The Balaban J connectivity index is 1.75. The highest BCUT2D eigenvalue weighted by molar-refractivity contribution is 7.79. The van der Waals surface area contributed by atoms with E-state index < -0.39 is 35.4 Å². The summed E-state index contributed by atoms with van der Waals surface area (Å²) < 4.78 is 60.0. The number of pyridine rings is 1. The molecule has 1 aliphatic heterocycles. The average molecular weight is 454 g/mol. The van der Waals surface area contributed by atoms with Gasteiger partial charge in [0.25, 0.3) is 5.92 Å². The van der Waals surface area contributed by atoms with E-state index in [9.17, 15) is 17.8 Å². The van der Waals surface area contributed by atoms with Gasteiger partial charge in [0.2, 0.25) is 5.88 Å². The summed E-state index contributed by atoms with van der Waals surface area (Å²) in [5, 5.41) is 0. The summed E-state index contributed by atoms with van der Waals surface area (Å²) in [7, 11) is 1.39. The summed E-state index contributed by atoms with van der Waals surface area (Å²) in [6, 6.07) is 10.6. The van der Waals surface area contributed by atoms with E-state index in [2.05, 4.69) is 4.98 Å². The Labute approximate surface area is 181 Å². The highest BCUT2D eigenvalue weighted by Gasteiger charge is 2.46. The summed E-state index contributed by atoms with van der Waals surface area (Å²) in [6.07, 6.45) is 0.297. The molecule has 3 rings (SSSR count). The molecule has 168 valence electrons. The van der Waals surface area contributed by atoms with E-state index in [0.717, 1.165) is 5.56 Å². The molecule has 0 bridgehead atoms. The third kappa shape index (κ3) is 5.98. The van der Waals surface area contributed by atoms with Gasteiger partial charge in [-0.2, -0.15) is 0 Å². The molecular weight excluding hydrogens is 430 g/mol. The molecule has 0 aliphatic carbocycles. The summed E-state index contributed by atoms with van der Waals surface area (Å²) in [5.74, 6) is -4.17. The number of methoxy groups -OCH3 is 1. The van der Waals surface area contributed by atoms with Crippen molar-refractivity contribution in [3.63, 3.8) is 0 Å². The summed E-state index contributed by atoms with van der Waals surface area (Å²) in [4.78, 5) is 17.8. The van der Waals surface area contributed by atoms with Crippen LogP contribution in [0.15, 0.2) is 42.6 Å². The predicted molar refractivity (Wildman–Crippen MR) is 111 cm³/mol. The summed E-state index contributed by atoms with van der Waals surface area (Å²) in [6.45, 7) is -0.277. The molecule has 1 fully saturated rings. The second-order valence-corrected chi connectivity index (χ2v) is 8.31. The first-order valence-electron chi connectivity index (χ1n) is 9.74. The van der Waals surface area contributed by atoms with Crippen molar-refractivity contribution in [1.29, 1.82) is 0 Å². The first-order chi connectivity index (χ1) is 14.8. The maximum atomic E-state index is 14.7. The number of amides is 1. The number of likely N-dealkylation sites (tertiary alicyclic amines) is 1. The molecule has 1 aliphatic rings. The zero-order valence-corrected chi connectivity index (χ0v) is 17.8. The average Bonchev–Trinajstić information content (AvgIpc) is 2.76. The fraction of sp³-hybridized carbons (Fsp3) is 0.429. The van der Waals surface area contributed by atoms with Crippen LogP contribution in [-0.4, -0.2) is 56.6 Å². The lowest BCUT2D eigenvalue weighted by atomic mass is 9.87. The molecule has 2 atom stereocenters. The van der Waals surface area contributed by atoms with E-state index in [1.165, 1.54) is 24.3 Å². The van der Waals surface area contributed by atoms with Crippen LogP contribution in [0.5, 0.6) is 5.88 Å². The number of halogens is 2. The van der Waals surface area contributed by atoms with E-state index in [1.807, 2.05) is 30.3 Å². The number of piperidine rings is 1. The number of rotatable bonds is 7. The van der Waals surface area contributed by atoms with E-state index >= 15 is 0 Å². The van der Waals surface area contributed by atoms with Crippen molar-refractivity contribution < 1.29 is 31.8 Å². The monoisotopic (exact) mass is 454 g/mol. The van der Waals surface area contributed by atoms with Crippen molar-refractivity contribution in [3.8, 4) is 5.88 Å². The lowest BCUT2D eigenvalue weighted by molar-refractivity contribution is -0.0729. The fourth-order valence-electron chi connectivity index (χ4n) is 3.50. The molecule has 2 heterocycles. The smallest absolute Gasteiger partial charge is 0.410 e. The van der Waals surface area contributed by atoms with Gasteiger partial charge in [0.15, 0.2) is 11.1 Å². The number of aromatic nitrogens is 1. The molecule has 1 aromatic heterocycles. The van der Waals surface area contributed by atoms with Crippen LogP contribution in [-0.2, 0) is 28.8 Å². The van der Waals surface area contributed by atoms with Crippen LogP contribution >= 0.6 is 0 Å². The second-order valence-electron chi connectivity index (χ2n) is 7.26. The third-order valence-corrected chi connectivity index (χ3v) is 5.73. The van der Waals surface area contributed by atoms with E-state index in [4.69, 9.17) is 14.0 Å². The number of carbonyl (C=O) groups excluding carboxylic acids is 1. The molecule has 2 unspecified atom stereocenters. The van der Waals surface area contributed by atoms with Gasteiger partial charge in [-0.1, -0.05) is 30.3 Å². The third-order valence-electron chi connectivity index (χ3n) is 5.18. The lowest BCUT2D eigenvalue weighted by Crippen LogP contribution is -2.48. The first kappa shape index (κ1) is 23.1. The van der Waals surface area contributed by atoms with Crippen LogP contribution in [0.25, 0.3) is 0 Å². The Morgan fingerprint density at radius 3 is 2.77 bits per heavy atom. The highest BCUT2D eigenvalue weighted by Crippen LogP contribution is 2.41. The molecule has 7 nitrogen and oxygen atoms in total. The number of nitrogens with zero attached hydrogens (tertiary/aromatic N) is 2. The number of ether oxygens (including phenoxy) is 2. The summed E-state index contributed by atoms with van der Waals surface area (Å²) in [5.41, 5.74) is 1.51. The quantitative estimate of drug-likeness (QED) is 0.643. The standard InChI is InChI=1S/C21H24F2N2O5S/c1-29-19-16(7-10-31(27)28)11-17(12-24-19)18-13-25(9-8-21(18,22)23)20(26)30-14-15-5-3-2-4-6-15/h2-6,11-12,18H,7-10,13-14H2,1H3,(H,27,28). The van der Waals surface area contributed by atoms with Crippen molar-refractivity contribution in [2.45, 2.75) is 31.3 Å². The molecule has 0 spiro atoms. The molecule has 1 amide bonds. The van der Waals surface area contributed by atoms with Gasteiger partial charge in [-0.15, -0.1) is 0 Å². The maximum absolute atomic E-state index is 14.7. The normalized spacial score (nSPS) is 19.0. The molecule has 1 N–H and O–H groups in total. The van der Waals surface area contributed by atoms with Crippen LogP contribution in [0.1, 0.15) is 29.0 Å². The van der Waals surface area contributed by atoms with Gasteiger partial charge in [0.05, 0.1) is 18.8 Å². The van der Waals surface area contributed by atoms with E-state index in [1.54, 1.807) is 0 Å². The van der Waals surface area contributed by atoms with Crippen molar-refractivity contribution in [3.05, 3.63) is 59.3 Å². The van der Waals surface area contributed by atoms with Crippen molar-refractivity contribution in [1.82, 2.24) is 9.88 Å². The lowest BCUT2D eigenvalue weighted by Gasteiger charge is -2.38. The zero-order valence-electron chi connectivity index (χ0n) is 17.0. The fourth-order valence-corrected chi connectivity index (χ4v) is 3.89. The van der Waals surface area contributed by atoms with Crippen LogP contribution in [0.2, 0.25) is 0 Å². The van der Waals surface area contributed by atoms with Crippen molar-refractivity contribution in [2.75, 3.05) is 26.0 Å². The summed E-state index contributed by atoms with van der Waals surface area (Å²) >= 11 is -2.03. The number of carbonyl (C=O) groups is 1. The van der Waals surface area contributed by atoms with Gasteiger partial charge >= 0.3 is 6.09 Å². The maximum Gasteiger partial charge on any atom is 0.410 e. The highest BCUT2D eigenvalue weighted by atomic mass is 32.2. The number of aryl methyl sites for hydroxylation is 1. The topological polar surface area (TPSA) is 89.0 Å². The second kappa shape index (κ2) is 10.1. The Hall–Kier alpha value is -2.59. The number of hydrogen-bond acceptors (Lipinski definition) is 5. The van der Waals surface area contributed by atoms with Gasteiger partial charge in [0, 0.05) is 31.3 Å². The molecule has 10 heteroatoms. The van der Waals surface area contributed by atoms with Crippen LogP contribution in [0.3, 0.4) is 0 Å². The Morgan fingerprint density at radius 1 is 1.35 bits per heavy atom. The Morgan fingerprint density at radius 2 is 2.10 bits per heavy atom. The number of hydrogen-bond donors (Lipinski definition) is 1. The predicted octanol–water partition coefficient (Wildman–Crippen LogP) is 3.62. The van der Waals surface area contributed by atoms with Gasteiger partial charge < -0.3 is 18.9 Å². The zero-order chi connectivity index (χ0) is 22.4. The Bertz CT molecular complexity index is 929. The molecule has 0 radical (unpaired) electrons. The minimum Gasteiger partial charge on any atom is -0.481 e. The van der Waals surface area contributed by atoms with Gasteiger partial charge in [-0.05, 0) is 23.6 Å². The van der Waals surface area contributed by atoms with Crippen LogP contribution < -0.4 is 4.74 Å². The molecule has 31 heavy (non-hydrogen) atoms. The molecule has 0 saturated carbocycles. The molecule has 1 saturated heterocycles. The Kier molecular flexibility index (Phi) is 7.55. The minimum absolute atomic E-state index is 0.0593. The molecular formula is C21H24F2N2O5S.